The van der Waals surface area contributed by atoms with Crippen LogP contribution in [0.4, 0.5) is 0 Å². The van der Waals surface area contributed by atoms with E-state index >= 15 is 0 Å². The average Bonchev–Trinajstić information content (AvgIpc) is 2.53. The number of hydrogen-bond donors (Lipinski definition) is 1. The summed E-state index contributed by atoms with van der Waals surface area (Å²) >= 11 is 0. The molecule has 0 radical (unpaired) electrons. The second kappa shape index (κ2) is 5.65. The number of oxazole rings is 1. The minimum atomic E-state index is 0.168. The summed E-state index contributed by atoms with van der Waals surface area (Å²) in [6, 6.07) is 0. The lowest BCUT2D eigenvalue weighted by Gasteiger charge is -2.08. The van der Waals surface area contributed by atoms with Gasteiger partial charge >= 0.3 is 6.08 Å². The molecule has 4 heteroatoms. The number of rotatable bonds is 6. The molecule has 0 aliphatic rings. The molecule has 1 heterocycles. The lowest BCUT2D eigenvalue weighted by Crippen LogP contribution is -2.11. The molecule has 0 fully saturated rings. The third kappa shape index (κ3) is 3.38. The minimum absolute atomic E-state index is 0.168. The molecular weight excluding hydrogens is 180 g/mol. The predicted octanol–water partition coefficient (Wildman–Crippen LogP) is 1.96. The van der Waals surface area contributed by atoms with Gasteiger partial charge in [-0.3, -0.25) is 0 Å². The largest absolute Gasteiger partial charge is 0.447 e. The van der Waals surface area contributed by atoms with E-state index in [2.05, 4.69) is 17.2 Å². The summed E-state index contributed by atoms with van der Waals surface area (Å²) in [6.07, 6.45) is 4.27. The Hall–Kier alpha value is -1.03. The Morgan fingerprint density at radius 1 is 1.64 bits per heavy atom. The summed E-state index contributed by atoms with van der Waals surface area (Å²) in [5, 5.41) is 3.00. The SMILES string of the molecule is CCCC(C)Oc1nc(CNC)co1. The molecular formula is C10H18N2O2. The molecule has 0 aromatic carbocycles. The summed E-state index contributed by atoms with van der Waals surface area (Å²) in [7, 11) is 1.87. The van der Waals surface area contributed by atoms with Gasteiger partial charge in [0.05, 0.1) is 5.69 Å². The van der Waals surface area contributed by atoms with Gasteiger partial charge in [-0.15, -0.1) is 0 Å². The highest BCUT2D eigenvalue weighted by Gasteiger charge is 2.08. The quantitative estimate of drug-likeness (QED) is 0.759. The van der Waals surface area contributed by atoms with E-state index < -0.39 is 0 Å². The lowest BCUT2D eigenvalue weighted by atomic mass is 10.2. The van der Waals surface area contributed by atoms with Crippen molar-refractivity contribution < 1.29 is 9.15 Å². The van der Waals surface area contributed by atoms with Gasteiger partial charge in [0.2, 0.25) is 0 Å². The Balaban J connectivity index is 2.42. The minimum Gasteiger partial charge on any atom is -0.447 e. The van der Waals surface area contributed by atoms with E-state index in [1.54, 1.807) is 6.26 Å². The second-order valence-electron chi connectivity index (χ2n) is 3.35. The maximum absolute atomic E-state index is 5.48. The molecule has 80 valence electrons. The van der Waals surface area contributed by atoms with Gasteiger partial charge < -0.3 is 14.5 Å². The van der Waals surface area contributed by atoms with E-state index in [-0.39, 0.29) is 6.10 Å². The molecule has 0 bridgehead atoms. The molecule has 1 unspecified atom stereocenters. The van der Waals surface area contributed by atoms with E-state index in [1.807, 2.05) is 14.0 Å². The fraction of sp³-hybridized carbons (Fsp3) is 0.700. The average molecular weight is 198 g/mol. The van der Waals surface area contributed by atoms with Crippen LogP contribution < -0.4 is 10.1 Å². The molecule has 1 N–H and O–H groups in total. The zero-order chi connectivity index (χ0) is 10.4. The second-order valence-corrected chi connectivity index (χ2v) is 3.35. The Morgan fingerprint density at radius 2 is 2.43 bits per heavy atom. The van der Waals surface area contributed by atoms with Crippen LogP contribution in [0.2, 0.25) is 0 Å². The molecule has 1 rings (SSSR count). The molecule has 0 saturated heterocycles. The highest BCUT2D eigenvalue weighted by atomic mass is 16.6. The Bertz CT molecular complexity index is 260. The van der Waals surface area contributed by atoms with E-state index in [0.29, 0.717) is 12.6 Å². The van der Waals surface area contributed by atoms with Crippen molar-refractivity contribution in [2.75, 3.05) is 7.05 Å². The molecule has 0 spiro atoms. The molecule has 0 amide bonds. The summed E-state index contributed by atoms with van der Waals surface area (Å²) in [5.41, 5.74) is 0.867. The van der Waals surface area contributed by atoms with Gasteiger partial charge in [-0.2, -0.15) is 4.98 Å². The first-order valence-electron chi connectivity index (χ1n) is 5.02. The standard InChI is InChI=1S/C10H18N2O2/c1-4-5-8(2)14-10-12-9(6-11-3)7-13-10/h7-8,11H,4-6H2,1-3H3. The summed E-state index contributed by atoms with van der Waals surface area (Å²) in [6.45, 7) is 4.85. The van der Waals surface area contributed by atoms with Crippen molar-refractivity contribution in [3.05, 3.63) is 12.0 Å². The third-order valence-electron chi connectivity index (χ3n) is 1.89. The number of nitrogens with zero attached hydrogens (tertiary/aromatic N) is 1. The zero-order valence-electron chi connectivity index (χ0n) is 9.04. The Labute approximate surface area is 84.7 Å². The number of ether oxygens (including phenoxy) is 1. The van der Waals surface area contributed by atoms with Crippen LogP contribution >= 0.6 is 0 Å². The molecule has 4 nitrogen and oxygen atoms in total. The van der Waals surface area contributed by atoms with Gasteiger partial charge in [0.15, 0.2) is 0 Å². The highest BCUT2D eigenvalue weighted by Crippen LogP contribution is 2.13. The first-order chi connectivity index (χ1) is 6.76. The van der Waals surface area contributed by atoms with Crippen molar-refractivity contribution in [1.82, 2.24) is 10.3 Å². The lowest BCUT2D eigenvalue weighted by molar-refractivity contribution is 0.153. The molecule has 1 aromatic heterocycles. The summed E-state index contributed by atoms with van der Waals surface area (Å²) < 4.78 is 10.6. The highest BCUT2D eigenvalue weighted by molar-refractivity contribution is 4.99. The molecule has 14 heavy (non-hydrogen) atoms. The maximum atomic E-state index is 5.48. The van der Waals surface area contributed by atoms with E-state index in [4.69, 9.17) is 9.15 Å². The topological polar surface area (TPSA) is 47.3 Å². The summed E-state index contributed by atoms with van der Waals surface area (Å²) in [5.74, 6) is 0. The van der Waals surface area contributed by atoms with Gasteiger partial charge in [0, 0.05) is 6.54 Å². The molecule has 0 saturated carbocycles. The third-order valence-corrected chi connectivity index (χ3v) is 1.89. The van der Waals surface area contributed by atoms with Crippen molar-refractivity contribution in [1.29, 1.82) is 0 Å². The number of nitrogens with one attached hydrogen (secondary N) is 1. The van der Waals surface area contributed by atoms with Crippen molar-refractivity contribution in [2.45, 2.75) is 39.3 Å². The number of hydrogen-bond acceptors (Lipinski definition) is 4. The van der Waals surface area contributed by atoms with Gasteiger partial charge in [-0.05, 0) is 20.4 Å². The first kappa shape index (κ1) is 11.0. The monoisotopic (exact) mass is 198 g/mol. The molecule has 1 aromatic rings. The van der Waals surface area contributed by atoms with E-state index in [9.17, 15) is 0 Å². The van der Waals surface area contributed by atoms with Crippen LogP contribution in [0.3, 0.4) is 0 Å². The van der Waals surface area contributed by atoms with E-state index in [1.165, 1.54) is 0 Å². The van der Waals surface area contributed by atoms with E-state index in [0.717, 1.165) is 18.5 Å². The Morgan fingerprint density at radius 3 is 3.07 bits per heavy atom. The van der Waals surface area contributed by atoms with Crippen LogP contribution in [0.15, 0.2) is 10.7 Å². The number of aromatic nitrogens is 1. The van der Waals surface area contributed by atoms with Crippen LogP contribution in [0.25, 0.3) is 0 Å². The van der Waals surface area contributed by atoms with Crippen molar-refractivity contribution in [2.24, 2.45) is 0 Å². The Kier molecular flexibility index (Phi) is 4.46. The van der Waals surface area contributed by atoms with Crippen LogP contribution in [0, 0.1) is 0 Å². The van der Waals surface area contributed by atoms with Gasteiger partial charge in [-0.1, -0.05) is 13.3 Å². The zero-order valence-corrected chi connectivity index (χ0v) is 9.04. The predicted molar refractivity (Wildman–Crippen MR) is 54.3 cm³/mol. The van der Waals surface area contributed by atoms with Crippen LogP contribution in [0.1, 0.15) is 32.4 Å². The fourth-order valence-corrected chi connectivity index (χ4v) is 1.24. The van der Waals surface area contributed by atoms with Crippen LogP contribution in [0.5, 0.6) is 6.08 Å². The van der Waals surface area contributed by atoms with Crippen molar-refractivity contribution >= 4 is 0 Å². The van der Waals surface area contributed by atoms with Crippen molar-refractivity contribution in [3.8, 4) is 6.08 Å². The normalized spacial score (nSPS) is 12.8. The van der Waals surface area contributed by atoms with Crippen LogP contribution in [-0.4, -0.2) is 18.1 Å². The first-order valence-corrected chi connectivity index (χ1v) is 5.02. The molecule has 0 aliphatic carbocycles. The van der Waals surface area contributed by atoms with Gasteiger partial charge in [0.25, 0.3) is 0 Å². The van der Waals surface area contributed by atoms with Crippen molar-refractivity contribution in [3.63, 3.8) is 0 Å². The maximum Gasteiger partial charge on any atom is 0.393 e. The fourth-order valence-electron chi connectivity index (χ4n) is 1.24. The van der Waals surface area contributed by atoms with Gasteiger partial charge in [0.1, 0.15) is 12.4 Å². The smallest absolute Gasteiger partial charge is 0.393 e. The van der Waals surface area contributed by atoms with Crippen LogP contribution in [-0.2, 0) is 6.54 Å². The summed E-state index contributed by atoms with van der Waals surface area (Å²) in [4.78, 5) is 4.17. The molecule has 1 atom stereocenters. The molecule has 0 aliphatic heterocycles. The van der Waals surface area contributed by atoms with Gasteiger partial charge in [-0.25, -0.2) is 0 Å².